The molecule has 0 radical (unpaired) electrons. The number of rotatable bonds is 7. The smallest absolute Gasteiger partial charge is 0.161 e. The lowest BCUT2D eigenvalue weighted by Gasteiger charge is -2.37. The predicted octanol–water partition coefficient (Wildman–Crippen LogP) is 2.36. The summed E-state index contributed by atoms with van der Waals surface area (Å²) >= 11 is 0. The van der Waals surface area contributed by atoms with Crippen LogP contribution in [0.1, 0.15) is 30.4 Å². The number of methoxy groups -OCH3 is 2. The standard InChI is InChI=1S/C16H25NO3/c1-12-9-15(19-2)16(20-3)10-13(12)11-17(7-8-18)14-5-4-6-14/h9-10,14,18H,4-8,11H2,1-3H3. The molecule has 1 aromatic rings. The van der Waals surface area contributed by atoms with Crippen LogP contribution in [-0.2, 0) is 6.54 Å². The molecule has 1 N–H and O–H groups in total. The maximum Gasteiger partial charge on any atom is 0.161 e. The van der Waals surface area contributed by atoms with Gasteiger partial charge in [-0.1, -0.05) is 6.42 Å². The number of aryl methyl sites for hydroxylation is 1. The molecule has 4 heteroatoms. The van der Waals surface area contributed by atoms with E-state index in [2.05, 4.69) is 17.9 Å². The fourth-order valence-electron chi connectivity index (χ4n) is 2.68. The molecule has 1 aliphatic carbocycles. The van der Waals surface area contributed by atoms with E-state index in [0.29, 0.717) is 6.04 Å². The third-order valence-corrected chi connectivity index (χ3v) is 4.19. The fraction of sp³-hybridized carbons (Fsp3) is 0.625. The van der Waals surface area contributed by atoms with E-state index in [9.17, 15) is 5.11 Å². The quantitative estimate of drug-likeness (QED) is 0.832. The Morgan fingerprint density at radius 3 is 2.35 bits per heavy atom. The van der Waals surface area contributed by atoms with E-state index in [-0.39, 0.29) is 6.61 Å². The minimum Gasteiger partial charge on any atom is -0.493 e. The Hall–Kier alpha value is -1.26. The highest BCUT2D eigenvalue weighted by Crippen LogP contribution is 2.32. The number of hydrogen-bond acceptors (Lipinski definition) is 4. The SMILES string of the molecule is COc1cc(C)c(CN(CCO)C2CCC2)cc1OC. The van der Waals surface area contributed by atoms with Crippen molar-refractivity contribution in [2.24, 2.45) is 0 Å². The summed E-state index contributed by atoms with van der Waals surface area (Å²) in [6, 6.07) is 4.69. The topological polar surface area (TPSA) is 41.9 Å². The summed E-state index contributed by atoms with van der Waals surface area (Å²) in [6.07, 6.45) is 3.79. The normalized spacial score (nSPS) is 15.2. The van der Waals surface area contributed by atoms with Crippen molar-refractivity contribution in [2.75, 3.05) is 27.4 Å². The van der Waals surface area contributed by atoms with E-state index < -0.39 is 0 Å². The first kappa shape index (κ1) is 15.1. The highest BCUT2D eigenvalue weighted by molar-refractivity contribution is 5.47. The summed E-state index contributed by atoms with van der Waals surface area (Å²) < 4.78 is 10.7. The van der Waals surface area contributed by atoms with E-state index in [0.717, 1.165) is 24.6 Å². The van der Waals surface area contributed by atoms with E-state index in [1.54, 1.807) is 14.2 Å². The molecule has 0 amide bonds. The summed E-state index contributed by atoms with van der Waals surface area (Å²) in [4.78, 5) is 2.37. The summed E-state index contributed by atoms with van der Waals surface area (Å²) in [5.41, 5.74) is 2.44. The molecule has 1 fully saturated rings. The Bertz CT molecular complexity index is 444. The van der Waals surface area contributed by atoms with Gasteiger partial charge in [-0.15, -0.1) is 0 Å². The van der Waals surface area contributed by atoms with Crippen LogP contribution in [-0.4, -0.2) is 43.4 Å². The summed E-state index contributed by atoms with van der Waals surface area (Å²) in [5.74, 6) is 1.54. The number of aliphatic hydroxyl groups excluding tert-OH is 1. The van der Waals surface area contributed by atoms with Crippen LogP contribution in [0.2, 0.25) is 0 Å². The second kappa shape index (κ2) is 6.95. The van der Waals surface area contributed by atoms with Crippen molar-refractivity contribution in [3.63, 3.8) is 0 Å². The van der Waals surface area contributed by atoms with Crippen LogP contribution in [0.25, 0.3) is 0 Å². The summed E-state index contributed by atoms with van der Waals surface area (Å²) in [5, 5.41) is 9.25. The summed E-state index contributed by atoms with van der Waals surface area (Å²) in [6.45, 7) is 3.90. The zero-order valence-electron chi connectivity index (χ0n) is 12.7. The Morgan fingerprint density at radius 2 is 1.85 bits per heavy atom. The molecule has 0 heterocycles. The van der Waals surface area contributed by atoms with Gasteiger partial charge in [0.1, 0.15) is 0 Å². The first-order chi connectivity index (χ1) is 9.69. The highest BCUT2D eigenvalue weighted by atomic mass is 16.5. The number of aliphatic hydroxyl groups is 1. The highest BCUT2D eigenvalue weighted by Gasteiger charge is 2.25. The van der Waals surface area contributed by atoms with Crippen LogP contribution in [0.3, 0.4) is 0 Å². The minimum atomic E-state index is 0.211. The Morgan fingerprint density at radius 1 is 1.20 bits per heavy atom. The molecule has 0 spiro atoms. The van der Waals surface area contributed by atoms with Crippen LogP contribution in [0, 0.1) is 6.92 Å². The minimum absolute atomic E-state index is 0.211. The van der Waals surface area contributed by atoms with E-state index in [1.165, 1.54) is 30.4 Å². The lowest BCUT2D eigenvalue weighted by atomic mass is 9.91. The molecule has 1 aromatic carbocycles. The molecule has 1 saturated carbocycles. The van der Waals surface area contributed by atoms with Crippen molar-refractivity contribution >= 4 is 0 Å². The number of benzene rings is 1. The second-order valence-electron chi connectivity index (χ2n) is 5.41. The molecule has 20 heavy (non-hydrogen) atoms. The molecule has 0 unspecified atom stereocenters. The zero-order valence-corrected chi connectivity index (χ0v) is 12.7. The van der Waals surface area contributed by atoms with Crippen molar-refractivity contribution in [3.05, 3.63) is 23.3 Å². The number of hydrogen-bond donors (Lipinski definition) is 1. The van der Waals surface area contributed by atoms with E-state index in [1.807, 2.05) is 6.07 Å². The predicted molar refractivity (Wildman–Crippen MR) is 79.4 cm³/mol. The van der Waals surface area contributed by atoms with Crippen LogP contribution in [0.15, 0.2) is 12.1 Å². The molecule has 0 saturated heterocycles. The molecule has 0 atom stereocenters. The van der Waals surface area contributed by atoms with Gasteiger partial charge in [0.05, 0.1) is 20.8 Å². The van der Waals surface area contributed by atoms with Crippen LogP contribution in [0.5, 0.6) is 11.5 Å². The average molecular weight is 279 g/mol. The van der Waals surface area contributed by atoms with Crippen molar-refractivity contribution in [2.45, 2.75) is 38.8 Å². The van der Waals surface area contributed by atoms with Gasteiger partial charge in [-0.25, -0.2) is 0 Å². The largest absolute Gasteiger partial charge is 0.493 e. The molecule has 1 aliphatic rings. The van der Waals surface area contributed by atoms with Gasteiger partial charge in [0.25, 0.3) is 0 Å². The van der Waals surface area contributed by atoms with Gasteiger partial charge in [0, 0.05) is 19.1 Å². The van der Waals surface area contributed by atoms with Crippen LogP contribution < -0.4 is 9.47 Å². The molecular weight excluding hydrogens is 254 g/mol. The maximum atomic E-state index is 9.25. The van der Waals surface area contributed by atoms with E-state index in [4.69, 9.17) is 9.47 Å². The van der Waals surface area contributed by atoms with Gasteiger partial charge in [-0.05, 0) is 43.0 Å². The van der Waals surface area contributed by atoms with Gasteiger partial charge < -0.3 is 14.6 Å². The third-order valence-electron chi connectivity index (χ3n) is 4.19. The van der Waals surface area contributed by atoms with Crippen LogP contribution in [0.4, 0.5) is 0 Å². The molecule has 0 aliphatic heterocycles. The molecule has 0 bridgehead atoms. The van der Waals surface area contributed by atoms with Crippen LogP contribution >= 0.6 is 0 Å². The first-order valence-electron chi connectivity index (χ1n) is 7.26. The number of ether oxygens (including phenoxy) is 2. The molecule has 0 aromatic heterocycles. The van der Waals surface area contributed by atoms with Crippen molar-refractivity contribution in [1.29, 1.82) is 0 Å². The Balaban J connectivity index is 2.17. The Kier molecular flexibility index (Phi) is 5.26. The van der Waals surface area contributed by atoms with Gasteiger partial charge in [0.15, 0.2) is 11.5 Å². The van der Waals surface area contributed by atoms with Gasteiger partial charge in [-0.3, -0.25) is 4.90 Å². The van der Waals surface area contributed by atoms with Gasteiger partial charge in [-0.2, -0.15) is 0 Å². The average Bonchev–Trinajstić information content (AvgIpc) is 2.38. The lowest BCUT2D eigenvalue weighted by Crippen LogP contribution is -2.41. The Labute approximate surface area is 121 Å². The van der Waals surface area contributed by atoms with Crippen molar-refractivity contribution in [1.82, 2.24) is 4.90 Å². The summed E-state index contributed by atoms with van der Waals surface area (Å²) in [7, 11) is 3.32. The van der Waals surface area contributed by atoms with Gasteiger partial charge >= 0.3 is 0 Å². The molecular formula is C16H25NO3. The fourth-order valence-corrected chi connectivity index (χ4v) is 2.68. The molecule has 112 valence electrons. The van der Waals surface area contributed by atoms with Gasteiger partial charge in [0.2, 0.25) is 0 Å². The molecule has 2 rings (SSSR count). The lowest BCUT2D eigenvalue weighted by molar-refractivity contribution is 0.0943. The maximum absolute atomic E-state index is 9.25. The zero-order chi connectivity index (χ0) is 14.5. The third kappa shape index (κ3) is 3.25. The van der Waals surface area contributed by atoms with Crippen molar-refractivity contribution in [3.8, 4) is 11.5 Å². The first-order valence-corrected chi connectivity index (χ1v) is 7.26. The van der Waals surface area contributed by atoms with Crippen molar-refractivity contribution < 1.29 is 14.6 Å². The monoisotopic (exact) mass is 279 g/mol. The molecule has 4 nitrogen and oxygen atoms in total. The number of nitrogens with zero attached hydrogens (tertiary/aromatic N) is 1. The second-order valence-corrected chi connectivity index (χ2v) is 5.41. The van der Waals surface area contributed by atoms with E-state index >= 15 is 0 Å².